The number of hydrogen-bond donors (Lipinski definition) is 3. The van der Waals surface area contributed by atoms with Crippen LogP contribution in [0.15, 0.2) is 6.33 Å². The Morgan fingerprint density at radius 1 is 1.65 bits per heavy atom. The summed E-state index contributed by atoms with van der Waals surface area (Å²) < 4.78 is 4.99. The first-order valence-corrected chi connectivity index (χ1v) is 5.38. The normalized spacial score (nSPS) is 18.9. The second-order valence-electron chi connectivity index (χ2n) is 3.83. The number of ether oxygens (including phenoxy) is 1. The van der Waals surface area contributed by atoms with Crippen molar-refractivity contribution in [1.29, 1.82) is 0 Å². The molecule has 0 aliphatic carbocycles. The van der Waals surface area contributed by atoms with Gasteiger partial charge in [-0.3, -0.25) is 4.79 Å². The summed E-state index contributed by atoms with van der Waals surface area (Å²) in [5.41, 5.74) is 6.18. The molecule has 4 N–H and O–H groups in total. The van der Waals surface area contributed by atoms with Gasteiger partial charge in [0.1, 0.15) is 12.0 Å². The molecule has 1 unspecified atom stereocenters. The molecule has 1 aliphatic heterocycles. The minimum Gasteiger partial charge on any atom is -0.479 e. The Morgan fingerprint density at radius 3 is 3.12 bits per heavy atom. The number of nitrogens with two attached hydrogens (primary N) is 1. The van der Waals surface area contributed by atoms with Crippen LogP contribution < -0.4 is 21.1 Å². The lowest BCUT2D eigenvalue weighted by Gasteiger charge is -2.13. The predicted octanol–water partition coefficient (Wildman–Crippen LogP) is -0.242. The van der Waals surface area contributed by atoms with Crippen LogP contribution in [-0.2, 0) is 4.79 Å². The first kappa shape index (κ1) is 11.4. The van der Waals surface area contributed by atoms with Crippen molar-refractivity contribution in [2.24, 2.45) is 0 Å². The van der Waals surface area contributed by atoms with E-state index in [9.17, 15) is 4.79 Å². The van der Waals surface area contributed by atoms with Gasteiger partial charge >= 0.3 is 0 Å². The maximum atomic E-state index is 11.0. The summed E-state index contributed by atoms with van der Waals surface area (Å²) in [6.07, 6.45) is 2.79. The molecule has 7 heteroatoms. The van der Waals surface area contributed by atoms with Gasteiger partial charge in [-0.1, -0.05) is 0 Å². The fraction of sp³-hybridized carbons (Fsp3) is 0.500. The lowest BCUT2D eigenvalue weighted by atomic mass is 10.2. The van der Waals surface area contributed by atoms with Crippen LogP contribution >= 0.6 is 0 Å². The highest BCUT2D eigenvalue weighted by molar-refractivity contribution is 5.78. The largest absolute Gasteiger partial charge is 0.479 e. The second kappa shape index (κ2) is 4.86. The molecule has 1 saturated heterocycles. The summed E-state index contributed by atoms with van der Waals surface area (Å²) >= 11 is 0. The summed E-state index contributed by atoms with van der Waals surface area (Å²) in [5.74, 6) is 0.959. The van der Waals surface area contributed by atoms with Crippen molar-refractivity contribution < 1.29 is 9.53 Å². The summed E-state index contributed by atoms with van der Waals surface area (Å²) in [5, 5.41) is 5.93. The number of carbonyl (C=O) groups excluding carboxylic acids is 1. The number of methoxy groups -OCH3 is 1. The van der Waals surface area contributed by atoms with Gasteiger partial charge in [0, 0.05) is 19.0 Å². The second-order valence-corrected chi connectivity index (χ2v) is 3.83. The molecule has 0 spiro atoms. The van der Waals surface area contributed by atoms with Crippen LogP contribution in [0.25, 0.3) is 0 Å². The van der Waals surface area contributed by atoms with Crippen molar-refractivity contribution in [3.05, 3.63) is 6.33 Å². The zero-order valence-corrected chi connectivity index (χ0v) is 9.56. The standard InChI is InChI=1S/C10H15N5O2/c1-17-10-8(11)9(13-5-14-10)12-4-6-2-3-7(16)15-6/h5-6H,2-4,11H2,1H3,(H,15,16)(H,12,13,14). The molecule has 1 atom stereocenters. The number of hydrogen-bond acceptors (Lipinski definition) is 6. The number of amides is 1. The number of rotatable bonds is 4. The molecule has 0 aromatic carbocycles. The third kappa shape index (κ3) is 2.55. The molecule has 1 aromatic rings. The van der Waals surface area contributed by atoms with Gasteiger partial charge in [-0.05, 0) is 6.42 Å². The smallest absolute Gasteiger partial charge is 0.242 e. The molecule has 2 rings (SSSR count). The van der Waals surface area contributed by atoms with E-state index in [1.807, 2.05) is 0 Å². The monoisotopic (exact) mass is 237 g/mol. The van der Waals surface area contributed by atoms with Crippen LogP contribution in [0.4, 0.5) is 11.5 Å². The van der Waals surface area contributed by atoms with E-state index in [0.29, 0.717) is 30.4 Å². The maximum Gasteiger partial charge on any atom is 0.242 e. The minimum absolute atomic E-state index is 0.0880. The van der Waals surface area contributed by atoms with Crippen molar-refractivity contribution in [1.82, 2.24) is 15.3 Å². The predicted molar refractivity (Wildman–Crippen MR) is 62.7 cm³/mol. The summed E-state index contributed by atoms with van der Waals surface area (Å²) in [6, 6.07) is 0.128. The van der Waals surface area contributed by atoms with E-state index in [2.05, 4.69) is 20.6 Å². The Labute approximate surface area is 98.8 Å². The average molecular weight is 237 g/mol. The third-order valence-electron chi connectivity index (χ3n) is 2.64. The van der Waals surface area contributed by atoms with Crippen molar-refractivity contribution in [3.63, 3.8) is 0 Å². The summed E-state index contributed by atoms with van der Waals surface area (Å²) in [6.45, 7) is 0.593. The minimum atomic E-state index is 0.0880. The number of carbonyl (C=O) groups is 1. The first-order chi connectivity index (χ1) is 8.20. The number of aromatic nitrogens is 2. The zero-order valence-electron chi connectivity index (χ0n) is 9.56. The first-order valence-electron chi connectivity index (χ1n) is 5.38. The molecule has 1 aliphatic rings. The molecule has 1 fully saturated rings. The molecule has 17 heavy (non-hydrogen) atoms. The Balaban J connectivity index is 1.97. The average Bonchev–Trinajstić information content (AvgIpc) is 2.74. The fourth-order valence-electron chi connectivity index (χ4n) is 1.73. The van der Waals surface area contributed by atoms with Crippen LogP contribution in [0.1, 0.15) is 12.8 Å². The number of anilines is 2. The van der Waals surface area contributed by atoms with E-state index in [1.54, 1.807) is 0 Å². The molecule has 0 radical (unpaired) electrons. The van der Waals surface area contributed by atoms with E-state index in [0.717, 1.165) is 6.42 Å². The van der Waals surface area contributed by atoms with Crippen molar-refractivity contribution >= 4 is 17.4 Å². The van der Waals surface area contributed by atoms with E-state index >= 15 is 0 Å². The van der Waals surface area contributed by atoms with Crippen molar-refractivity contribution in [2.45, 2.75) is 18.9 Å². The van der Waals surface area contributed by atoms with E-state index in [-0.39, 0.29) is 11.9 Å². The van der Waals surface area contributed by atoms with Gasteiger partial charge in [0.05, 0.1) is 7.11 Å². The van der Waals surface area contributed by atoms with Gasteiger partial charge < -0.3 is 21.1 Å². The van der Waals surface area contributed by atoms with Gasteiger partial charge in [-0.15, -0.1) is 0 Å². The highest BCUT2D eigenvalue weighted by Crippen LogP contribution is 2.24. The number of nitrogens with zero attached hydrogens (tertiary/aromatic N) is 2. The summed E-state index contributed by atoms with van der Waals surface area (Å²) in [7, 11) is 1.50. The molecular formula is C10H15N5O2. The van der Waals surface area contributed by atoms with Crippen LogP contribution in [-0.4, -0.2) is 35.6 Å². The Morgan fingerprint density at radius 2 is 2.47 bits per heavy atom. The molecule has 0 bridgehead atoms. The van der Waals surface area contributed by atoms with Gasteiger partial charge in [0.2, 0.25) is 11.8 Å². The Hall–Kier alpha value is -2.05. The maximum absolute atomic E-state index is 11.0. The Bertz CT molecular complexity index is 423. The van der Waals surface area contributed by atoms with Crippen molar-refractivity contribution in [3.8, 4) is 5.88 Å². The van der Waals surface area contributed by atoms with E-state index < -0.39 is 0 Å². The molecule has 2 heterocycles. The molecule has 1 amide bonds. The van der Waals surface area contributed by atoms with Crippen molar-refractivity contribution in [2.75, 3.05) is 24.7 Å². The van der Waals surface area contributed by atoms with Crippen LogP contribution in [0, 0.1) is 0 Å². The molecular weight excluding hydrogens is 222 g/mol. The van der Waals surface area contributed by atoms with Gasteiger partial charge in [-0.2, -0.15) is 4.98 Å². The van der Waals surface area contributed by atoms with E-state index in [4.69, 9.17) is 10.5 Å². The molecule has 1 aromatic heterocycles. The lowest BCUT2D eigenvalue weighted by molar-refractivity contribution is -0.119. The number of nitrogen functional groups attached to an aromatic ring is 1. The highest BCUT2D eigenvalue weighted by Gasteiger charge is 2.20. The third-order valence-corrected chi connectivity index (χ3v) is 2.64. The van der Waals surface area contributed by atoms with Gasteiger partial charge in [0.25, 0.3) is 0 Å². The quantitative estimate of drug-likeness (QED) is 0.668. The van der Waals surface area contributed by atoms with Crippen LogP contribution in [0.5, 0.6) is 5.88 Å². The lowest BCUT2D eigenvalue weighted by Crippen LogP contribution is -2.32. The highest BCUT2D eigenvalue weighted by atomic mass is 16.5. The molecule has 0 saturated carbocycles. The van der Waals surface area contributed by atoms with Crippen LogP contribution in [0.3, 0.4) is 0 Å². The zero-order chi connectivity index (χ0) is 12.3. The SMILES string of the molecule is COc1ncnc(NCC2CCC(=O)N2)c1N. The van der Waals surface area contributed by atoms with Crippen LogP contribution in [0.2, 0.25) is 0 Å². The topological polar surface area (TPSA) is 102 Å². The molecule has 7 nitrogen and oxygen atoms in total. The summed E-state index contributed by atoms with van der Waals surface area (Å²) in [4.78, 5) is 18.9. The molecule has 92 valence electrons. The van der Waals surface area contributed by atoms with Gasteiger partial charge in [0.15, 0.2) is 5.82 Å². The fourth-order valence-corrected chi connectivity index (χ4v) is 1.73. The number of nitrogens with one attached hydrogen (secondary N) is 2. The Kier molecular flexibility index (Phi) is 3.27. The van der Waals surface area contributed by atoms with E-state index in [1.165, 1.54) is 13.4 Å². The van der Waals surface area contributed by atoms with Gasteiger partial charge in [-0.25, -0.2) is 4.98 Å².